The van der Waals surface area contributed by atoms with Crippen molar-refractivity contribution in [2.45, 2.75) is 19.4 Å². The summed E-state index contributed by atoms with van der Waals surface area (Å²) in [5.74, 6) is -0.459. The molecule has 1 N–H and O–H groups in total. The SMILES string of the molecule is COC(=O)C(C)(C)NC=O. The van der Waals surface area contributed by atoms with E-state index < -0.39 is 11.5 Å². The number of hydrogen-bond donors (Lipinski definition) is 1. The van der Waals surface area contributed by atoms with Crippen molar-refractivity contribution in [2.24, 2.45) is 0 Å². The number of esters is 1. The van der Waals surface area contributed by atoms with Crippen molar-refractivity contribution < 1.29 is 14.3 Å². The summed E-state index contributed by atoms with van der Waals surface area (Å²) in [7, 11) is 1.27. The van der Waals surface area contributed by atoms with E-state index in [-0.39, 0.29) is 0 Å². The second-order valence-electron chi connectivity index (χ2n) is 2.38. The van der Waals surface area contributed by atoms with Crippen LogP contribution in [0.5, 0.6) is 0 Å². The van der Waals surface area contributed by atoms with Gasteiger partial charge >= 0.3 is 5.97 Å². The van der Waals surface area contributed by atoms with Crippen molar-refractivity contribution in [3.63, 3.8) is 0 Å². The zero-order valence-electron chi connectivity index (χ0n) is 6.30. The summed E-state index contributed by atoms with van der Waals surface area (Å²) in [6, 6.07) is 0. The second kappa shape index (κ2) is 3.20. The maximum Gasteiger partial charge on any atom is 0.330 e. The maximum absolute atomic E-state index is 10.8. The highest BCUT2D eigenvalue weighted by molar-refractivity contribution is 5.81. The minimum atomic E-state index is -0.920. The molecule has 0 aromatic heterocycles. The Bertz CT molecular complexity index is 142. The van der Waals surface area contributed by atoms with Crippen LogP contribution in [0.2, 0.25) is 0 Å². The molecule has 0 atom stereocenters. The highest BCUT2D eigenvalue weighted by Crippen LogP contribution is 2.01. The van der Waals surface area contributed by atoms with Gasteiger partial charge in [-0.15, -0.1) is 0 Å². The van der Waals surface area contributed by atoms with E-state index in [1.165, 1.54) is 7.11 Å². The van der Waals surface area contributed by atoms with Crippen LogP contribution in [-0.4, -0.2) is 25.0 Å². The van der Waals surface area contributed by atoms with Gasteiger partial charge in [0.25, 0.3) is 0 Å². The van der Waals surface area contributed by atoms with Crippen LogP contribution in [0.1, 0.15) is 13.8 Å². The molecule has 0 aliphatic rings. The lowest BCUT2D eigenvalue weighted by atomic mass is 10.1. The van der Waals surface area contributed by atoms with Gasteiger partial charge in [0.2, 0.25) is 6.41 Å². The Morgan fingerprint density at radius 2 is 2.10 bits per heavy atom. The molecule has 58 valence electrons. The average molecular weight is 145 g/mol. The molecule has 0 aromatic rings. The quantitative estimate of drug-likeness (QED) is 0.437. The molecule has 0 unspecified atom stereocenters. The number of carbonyl (C=O) groups is 2. The summed E-state index contributed by atoms with van der Waals surface area (Å²) < 4.78 is 4.41. The first-order chi connectivity index (χ1) is 4.54. The second-order valence-corrected chi connectivity index (χ2v) is 2.38. The molecule has 0 rings (SSSR count). The van der Waals surface area contributed by atoms with E-state index in [2.05, 4.69) is 10.1 Å². The normalized spacial score (nSPS) is 10.3. The first-order valence-corrected chi connectivity index (χ1v) is 2.84. The molecular weight excluding hydrogens is 134 g/mol. The molecule has 0 aliphatic carbocycles. The van der Waals surface area contributed by atoms with E-state index in [1.807, 2.05) is 0 Å². The van der Waals surface area contributed by atoms with Crippen LogP contribution < -0.4 is 5.32 Å². The topological polar surface area (TPSA) is 55.4 Å². The summed E-state index contributed by atoms with van der Waals surface area (Å²) in [5.41, 5.74) is -0.920. The van der Waals surface area contributed by atoms with E-state index in [0.29, 0.717) is 6.41 Å². The Labute approximate surface area is 59.6 Å². The van der Waals surface area contributed by atoms with Crippen LogP contribution in [-0.2, 0) is 14.3 Å². The van der Waals surface area contributed by atoms with Gasteiger partial charge in [-0.1, -0.05) is 0 Å². The number of rotatable bonds is 3. The van der Waals surface area contributed by atoms with Crippen LogP contribution in [0.25, 0.3) is 0 Å². The van der Waals surface area contributed by atoms with Crippen molar-refractivity contribution in [3.8, 4) is 0 Å². The number of ether oxygens (including phenoxy) is 1. The van der Waals surface area contributed by atoms with Crippen LogP contribution in [0.15, 0.2) is 0 Å². The molecular formula is C6H11NO3. The largest absolute Gasteiger partial charge is 0.467 e. The highest BCUT2D eigenvalue weighted by Gasteiger charge is 2.27. The molecule has 0 spiro atoms. The van der Waals surface area contributed by atoms with Gasteiger partial charge in [-0.25, -0.2) is 4.79 Å². The summed E-state index contributed by atoms with van der Waals surface area (Å²) in [6.45, 7) is 3.13. The van der Waals surface area contributed by atoms with Crippen molar-refractivity contribution in [1.82, 2.24) is 5.32 Å². The first kappa shape index (κ1) is 8.94. The van der Waals surface area contributed by atoms with Crippen LogP contribution in [0, 0.1) is 0 Å². The number of methoxy groups -OCH3 is 1. The fourth-order valence-corrected chi connectivity index (χ4v) is 0.461. The Balaban J connectivity index is 4.08. The van der Waals surface area contributed by atoms with Gasteiger partial charge in [0.15, 0.2) is 0 Å². The Morgan fingerprint density at radius 3 is 2.40 bits per heavy atom. The predicted octanol–water partition coefficient (Wildman–Crippen LogP) is -0.316. The lowest BCUT2D eigenvalue weighted by Crippen LogP contribution is -2.46. The van der Waals surface area contributed by atoms with Crippen LogP contribution in [0.3, 0.4) is 0 Å². The fourth-order valence-electron chi connectivity index (χ4n) is 0.461. The van der Waals surface area contributed by atoms with Gasteiger partial charge in [-0.05, 0) is 13.8 Å². The van der Waals surface area contributed by atoms with Crippen molar-refractivity contribution in [3.05, 3.63) is 0 Å². The van der Waals surface area contributed by atoms with Crippen molar-refractivity contribution in [1.29, 1.82) is 0 Å². The molecule has 0 bridgehead atoms. The predicted molar refractivity (Wildman–Crippen MR) is 35.3 cm³/mol. The zero-order chi connectivity index (χ0) is 8.20. The minimum absolute atomic E-state index is 0.459. The van der Waals surface area contributed by atoms with Gasteiger partial charge in [-0.2, -0.15) is 0 Å². The van der Waals surface area contributed by atoms with Gasteiger partial charge in [0.05, 0.1) is 7.11 Å². The molecule has 0 saturated carbocycles. The third-order valence-electron chi connectivity index (χ3n) is 1.12. The molecule has 10 heavy (non-hydrogen) atoms. The van der Waals surface area contributed by atoms with Gasteiger partial charge in [0.1, 0.15) is 5.54 Å². The average Bonchev–Trinajstić information content (AvgIpc) is 1.86. The summed E-state index contributed by atoms with van der Waals surface area (Å²) in [4.78, 5) is 20.7. The third kappa shape index (κ3) is 2.05. The molecule has 0 aromatic carbocycles. The first-order valence-electron chi connectivity index (χ1n) is 2.84. The molecule has 4 heteroatoms. The van der Waals surface area contributed by atoms with E-state index in [9.17, 15) is 9.59 Å². The van der Waals surface area contributed by atoms with E-state index in [0.717, 1.165) is 0 Å². The Morgan fingerprint density at radius 1 is 1.60 bits per heavy atom. The Hall–Kier alpha value is -1.06. The highest BCUT2D eigenvalue weighted by atomic mass is 16.5. The summed E-state index contributed by atoms with van der Waals surface area (Å²) in [6.07, 6.45) is 0.469. The standard InChI is InChI=1S/C6H11NO3/c1-6(2,7-4-8)5(9)10-3/h4H,1-3H3,(H,7,8). The number of nitrogens with one attached hydrogen (secondary N) is 1. The third-order valence-corrected chi connectivity index (χ3v) is 1.12. The van der Waals surface area contributed by atoms with Crippen LogP contribution >= 0.6 is 0 Å². The van der Waals surface area contributed by atoms with Crippen molar-refractivity contribution in [2.75, 3.05) is 7.11 Å². The summed E-state index contributed by atoms with van der Waals surface area (Å²) >= 11 is 0. The molecule has 1 amide bonds. The lowest BCUT2D eigenvalue weighted by molar-refractivity contribution is -0.148. The molecule has 0 saturated heterocycles. The van der Waals surface area contributed by atoms with E-state index in [4.69, 9.17) is 0 Å². The number of carbonyl (C=O) groups excluding carboxylic acids is 2. The van der Waals surface area contributed by atoms with Crippen molar-refractivity contribution >= 4 is 12.4 Å². The summed E-state index contributed by atoms with van der Waals surface area (Å²) in [5, 5.41) is 2.32. The van der Waals surface area contributed by atoms with E-state index in [1.54, 1.807) is 13.8 Å². The monoisotopic (exact) mass is 145 g/mol. The Kier molecular flexibility index (Phi) is 2.86. The molecule has 0 heterocycles. The van der Waals surface area contributed by atoms with Crippen LogP contribution in [0.4, 0.5) is 0 Å². The smallest absolute Gasteiger partial charge is 0.330 e. The number of hydrogen-bond acceptors (Lipinski definition) is 3. The fraction of sp³-hybridized carbons (Fsp3) is 0.667. The van der Waals surface area contributed by atoms with Gasteiger partial charge in [0, 0.05) is 0 Å². The molecule has 0 fully saturated rings. The molecule has 0 radical (unpaired) electrons. The zero-order valence-corrected chi connectivity index (χ0v) is 6.30. The maximum atomic E-state index is 10.8. The van der Waals surface area contributed by atoms with E-state index >= 15 is 0 Å². The van der Waals surface area contributed by atoms with Gasteiger partial charge in [-0.3, -0.25) is 4.79 Å². The minimum Gasteiger partial charge on any atom is -0.467 e. The lowest BCUT2D eigenvalue weighted by Gasteiger charge is -2.19. The number of amides is 1. The molecule has 4 nitrogen and oxygen atoms in total. The molecule has 0 aliphatic heterocycles. The van der Waals surface area contributed by atoms with Gasteiger partial charge < -0.3 is 10.1 Å².